The smallest absolute Gasteiger partial charge is 0.0264 e. The van der Waals surface area contributed by atoms with Crippen molar-refractivity contribution in [2.24, 2.45) is 23.6 Å². The van der Waals surface area contributed by atoms with Crippen LogP contribution in [0.1, 0.15) is 46.5 Å². The molecule has 0 aromatic heterocycles. The maximum absolute atomic E-state index is 5.62. The van der Waals surface area contributed by atoms with E-state index in [1.54, 1.807) is 0 Å². The average Bonchev–Trinajstić information content (AvgIpc) is 2.53. The van der Waals surface area contributed by atoms with Gasteiger partial charge in [-0.25, -0.2) is 0 Å². The molecule has 0 radical (unpaired) electrons. The van der Waals surface area contributed by atoms with Crippen LogP contribution in [0.4, 0.5) is 0 Å². The largest absolute Gasteiger partial charge is 0.271 e. The van der Waals surface area contributed by atoms with Crippen LogP contribution < -0.4 is 11.3 Å². The van der Waals surface area contributed by atoms with Gasteiger partial charge in [0.2, 0.25) is 0 Å². The fourth-order valence-corrected chi connectivity index (χ4v) is 2.60. The zero-order valence-corrected chi connectivity index (χ0v) is 9.22. The van der Waals surface area contributed by atoms with Crippen LogP contribution in [-0.2, 0) is 0 Å². The summed E-state index contributed by atoms with van der Waals surface area (Å²) in [5, 5.41) is 0. The minimum absolute atomic E-state index is 0.537. The molecule has 0 aromatic carbocycles. The first-order chi connectivity index (χ1) is 6.19. The predicted molar refractivity (Wildman–Crippen MR) is 57.1 cm³/mol. The molecule has 1 rings (SSSR count). The lowest BCUT2D eigenvalue weighted by molar-refractivity contribution is 0.265. The van der Waals surface area contributed by atoms with Gasteiger partial charge in [-0.3, -0.25) is 11.3 Å². The summed E-state index contributed by atoms with van der Waals surface area (Å²) in [5.41, 5.74) is 3.02. The predicted octanol–water partition coefficient (Wildman–Crippen LogP) is 2.30. The Hall–Kier alpha value is -0.0800. The van der Waals surface area contributed by atoms with Gasteiger partial charge >= 0.3 is 0 Å². The van der Waals surface area contributed by atoms with Gasteiger partial charge in [0, 0.05) is 6.04 Å². The van der Waals surface area contributed by atoms with Crippen LogP contribution in [0.25, 0.3) is 0 Å². The van der Waals surface area contributed by atoms with Gasteiger partial charge < -0.3 is 0 Å². The maximum Gasteiger partial charge on any atom is 0.0264 e. The van der Waals surface area contributed by atoms with Gasteiger partial charge in [0.15, 0.2) is 0 Å². The molecule has 78 valence electrons. The molecule has 0 saturated heterocycles. The van der Waals surface area contributed by atoms with Crippen molar-refractivity contribution in [1.29, 1.82) is 0 Å². The molecule has 3 N–H and O–H groups in total. The van der Waals surface area contributed by atoms with Gasteiger partial charge in [0.05, 0.1) is 0 Å². The van der Waals surface area contributed by atoms with Crippen LogP contribution in [-0.4, -0.2) is 6.04 Å². The van der Waals surface area contributed by atoms with Gasteiger partial charge in [-0.1, -0.05) is 33.6 Å². The highest BCUT2D eigenvalue weighted by molar-refractivity contribution is 4.84. The molecule has 1 fully saturated rings. The van der Waals surface area contributed by atoms with Crippen LogP contribution in [0.15, 0.2) is 0 Å². The van der Waals surface area contributed by atoms with Gasteiger partial charge in [0.25, 0.3) is 0 Å². The quantitative estimate of drug-likeness (QED) is 0.520. The normalized spacial score (nSPS) is 33.2. The van der Waals surface area contributed by atoms with Crippen molar-refractivity contribution in [3.63, 3.8) is 0 Å². The first-order valence-corrected chi connectivity index (χ1v) is 5.65. The monoisotopic (exact) mass is 184 g/mol. The molecule has 2 heteroatoms. The van der Waals surface area contributed by atoms with E-state index < -0.39 is 0 Å². The third-order valence-corrected chi connectivity index (χ3v) is 3.69. The standard InChI is InChI=1S/C11H24N2/c1-4-9(3)11(13-12)10-6-5-8(2)7-10/h8-11,13H,4-7,12H2,1-3H3. The minimum atomic E-state index is 0.537. The number of nitrogens with one attached hydrogen (secondary N) is 1. The molecule has 2 nitrogen and oxygen atoms in total. The molecular weight excluding hydrogens is 160 g/mol. The average molecular weight is 184 g/mol. The summed E-state index contributed by atoms with van der Waals surface area (Å²) in [7, 11) is 0. The second-order valence-electron chi connectivity index (χ2n) is 4.76. The molecule has 1 saturated carbocycles. The summed E-state index contributed by atoms with van der Waals surface area (Å²) in [6.45, 7) is 6.89. The van der Waals surface area contributed by atoms with Crippen LogP contribution >= 0.6 is 0 Å². The highest BCUT2D eigenvalue weighted by Crippen LogP contribution is 2.35. The van der Waals surface area contributed by atoms with Crippen LogP contribution in [0.2, 0.25) is 0 Å². The SMILES string of the molecule is CCC(C)C(NN)C1CCC(C)C1. The zero-order valence-electron chi connectivity index (χ0n) is 9.22. The Balaban J connectivity index is 2.46. The summed E-state index contributed by atoms with van der Waals surface area (Å²) in [4.78, 5) is 0. The molecule has 4 atom stereocenters. The van der Waals surface area contributed by atoms with E-state index in [1.807, 2.05) is 0 Å². The molecule has 0 spiro atoms. The van der Waals surface area contributed by atoms with E-state index in [0.29, 0.717) is 12.0 Å². The lowest BCUT2D eigenvalue weighted by atomic mass is 9.86. The van der Waals surface area contributed by atoms with E-state index in [1.165, 1.54) is 25.7 Å². The Bertz CT molecular complexity index is 147. The topological polar surface area (TPSA) is 38.0 Å². The number of hydrogen-bond acceptors (Lipinski definition) is 2. The summed E-state index contributed by atoms with van der Waals surface area (Å²) >= 11 is 0. The summed E-state index contributed by atoms with van der Waals surface area (Å²) in [5.74, 6) is 8.06. The molecule has 1 aliphatic carbocycles. The Labute approximate surface area is 82.2 Å². The fourth-order valence-electron chi connectivity index (χ4n) is 2.60. The van der Waals surface area contributed by atoms with Gasteiger partial charge in [-0.05, 0) is 30.6 Å². The second-order valence-corrected chi connectivity index (χ2v) is 4.76. The van der Waals surface area contributed by atoms with Crippen molar-refractivity contribution >= 4 is 0 Å². The molecule has 4 unspecified atom stereocenters. The van der Waals surface area contributed by atoms with Crippen molar-refractivity contribution < 1.29 is 0 Å². The van der Waals surface area contributed by atoms with E-state index >= 15 is 0 Å². The number of nitrogens with two attached hydrogens (primary N) is 1. The van der Waals surface area contributed by atoms with E-state index in [-0.39, 0.29) is 0 Å². The van der Waals surface area contributed by atoms with Gasteiger partial charge in [-0.2, -0.15) is 0 Å². The first-order valence-electron chi connectivity index (χ1n) is 5.65. The van der Waals surface area contributed by atoms with Crippen molar-refractivity contribution in [2.45, 2.75) is 52.5 Å². The van der Waals surface area contributed by atoms with E-state index in [4.69, 9.17) is 5.84 Å². The highest BCUT2D eigenvalue weighted by atomic mass is 15.2. The molecule has 13 heavy (non-hydrogen) atoms. The molecule has 0 aliphatic heterocycles. The van der Waals surface area contributed by atoms with Crippen molar-refractivity contribution in [3.05, 3.63) is 0 Å². The molecule has 0 amide bonds. The Morgan fingerprint density at radius 1 is 1.46 bits per heavy atom. The third kappa shape index (κ3) is 2.68. The van der Waals surface area contributed by atoms with E-state index in [0.717, 1.165) is 11.8 Å². The third-order valence-electron chi connectivity index (χ3n) is 3.69. The summed E-state index contributed by atoms with van der Waals surface area (Å²) in [6, 6.07) is 0.537. The first kappa shape index (κ1) is 11.0. The lowest BCUT2D eigenvalue weighted by Gasteiger charge is -2.28. The van der Waals surface area contributed by atoms with Gasteiger partial charge in [-0.15, -0.1) is 0 Å². The molecule has 0 heterocycles. The zero-order chi connectivity index (χ0) is 9.84. The van der Waals surface area contributed by atoms with Crippen LogP contribution in [0.5, 0.6) is 0 Å². The fraction of sp³-hybridized carbons (Fsp3) is 1.00. The molecular formula is C11H24N2. The molecule has 0 bridgehead atoms. The number of rotatable bonds is 4. The van der Waals surface area contributed by atoms with Crippen molar-refractivity contribution in [3.8, 4) is 0 Å². The second kappa shape index (κ2) is 4.97. The lowest BCUT2D eigenvalue weighted by Crippen LogP contribution is -2.44. The van der Waals surface area contributed by atoms with Crippen LogP contribution in [0.3, 0.4) is 0 Å². The Morgan fingerprint density at radius 3 is 2.54 bits per heavy atom. The summed E-state index contributed by atoms with van der Waals surface area (Å²) < 4.78 is 0. The minimum Gasteiger partial charge on any atom is -0.271 e. The molecule has 1 aliphatic rings. The number of hydrogen-bond donors (Lipinski definition) is 2. The van der Waals surface area contributed by atoms with Crippen molar-refractivity contribution in [1.82, 2.24) is 5.43 Å². The van der Waals surface area contributed by atoms with E-state index in [2.05, 4.69) is 26.2 Å². The highest BCUT2D eigenvalue weighted by Gasteiger charge is 2.30. The van der Waals surface area contributed by atoms with E-state index in [9.17, 15) is 0 Å². The van der Waals surface area contributed by atoms with Crippen molar-refractivity contribution in [2.75, 3.05) is 0 Å². The molecule has 0 aromatic rings. The number of hydrazine groups is 1. The maximum atomic E-state index is 5.62. The van der Waals surface area contributed by atoms with Crippen LogP contribution in [0, 0.1) is 17.8 Å². The van der Waals surface area contributed by atoms with Gasteiger partial charge in [0.1, 0.15) is 0 Å². The Morgan fingerprint density at radius 2 is 2.15 bits per heavy atom. The summed E-state index contributed by atoms with van der Waals surface area (Å²) in [6.07, 6.45) is 5.33. The Kier molecular flexibility index (Phi) is 4.20.